The van der Waals surface area contributed by atoms with E-state index < -0.39 is 0 Å². The van der Waals surface area contributed by atoms with E-state index in [1.54, 1.807) is 12.1 Å². The minimum atomic E-state index is -0.0840. The van der Waals surface area contributed by atoms with Gasteiger partial charge in [-0.15, -0.1) is 0 Å². The van der Waals surface area contributed by atoms with Crippen molar-refractivity contribution < 1.29 is 4.39 Å². The van der Waals surface area contributed by atoms with Crippen molar-refractivity contribution in [2.24, 2.45) is 11.3 Å². The fourth-order valence-corrected chi connectivity index (χ4v) is 3.78. The Labute approximate surface area is 121 Å². The van der Waals surface area contributed by atoms with Crippen LogP contribution in [0.15, 0.2) is 24.3 Å². The van der Waals surface area contributed by atoms with Gasteiger partial charge in [-0.25, -0.2) is 4.39 Å². The Morgan fingerprint density at radius 2 is 2.05 bits per heavy atom. The van der Waals surface area contributed by atoms with Crippen LogP contribution in [0.2, 0.25) is 0 Å². The quantitative estimate of drug-likeness (QED) is 0.908. The molecule has 1 aromatic rings. The van der Waals surface area contributed by atoms with Gasteiger partial charge in [0.05, 0.1) is 0 Å². The molecule has 1 saturated carbocycles. The molecule has 1 aliphatic carbocycles. The van der Waals surface area contributed by atoms with Crippen LogP contribution in [0.25, 0.3) is 0 Å². The molecule has 3 heteroatoms. The van der Waals surface area contributed by atoms with E-state index in [1.807, 2.05) is 12.1 Å². The lowest BCUT2D eigenvalue weighted by Crippen LogP contribution is -2.32. The second-order valence-electron chi connectivity index (χ2n) is 6.65. The Bertz CT molecular complexity index is 468. The second-order valence-corrected chi connectivity index (χ2v) is 6.65. The molecule has 0 amide bonds. The first-order chi connectivity index (χ1) is 9.62. The van der Waals surface area contributed by atoms with E-state index in [2.05, 4.69) is 24.2 Å². The highest BCUT2D eigenvalue weighted by molar-refractivity contribution is 5.20. The number of rotatable bonds is 4. The molecule has 0 aromatic heterocycles. The van der Waals surface area contributed by atoms with Gasteiger partial charge in [-0.2, -0.15) is 0 Å². The predicted molar refractivity (Wildman–Crippen MR) is 80.1 cm³/mol. The first-order valence-electron chi connectivity index (χ1n) is 7.78. The summed E-state index contributed by atoms with van der Waals surface area (Å²) in [6, 6.07) is 7.30. The third-order valence-electron chi connectivity index (χ3n) is 5.48. The van der Waals surface area contributed by atoms with Crippen LogP contribution in [-0.2, 0) is 0 Å². The van der Waals surface area contributed by atoms with Crippen LogP contribution in [0.3, 0.4) is 0 Å². The molecule has 1 heterocycles. The summed E-state index contributed by atoms with van der Waals surface area (Å²) in [6.45, 7) is 5.54. The highest BCUT2D eigenvalue weighted by Gasteiger charge is 2.53. The summed E-state index contributed by atoms with van der Waals surface area (Å²) in [6.07, 6.45) is 4.00. The molecule has 1 aliphatic heterocycles. The maximum Gasteiger partial charge on any atom is 0.127 e. The normalized spacial score (nSPS) is 25.9. The van der Waals surface area contributed by atoms with Crippen LogP contribution >= 0.6 is 0 Å². The maximum atomic E-state index is 13.9. The summed E-state index contributed by atoms with van der Waals surface area (Å²) < 4.78 is 13.9. The van der Waals surface area contributed by atoms with Gasteiger partial charge in [-0.3, -0.25) is 4.90 Å². The molecule has 2 unspecified atom stereocenters. The van der Waals surface area contributed by atoms with Gasteiger partial charge >= 0.3 is 0 Å². The molecule has 110 valence electrons. The Hall–Kier alpha value is -0.930. The lowest BCUT2D eigenvalue weighted by Gasteiger charge is -2.28. The summed E-state index contributed by atoms with van der Waals surface area (Å²) in [5, 5.41) is 3.45. The van der Waals surface area contributed by atoms with Gasteiger partial charge in [0, 0.05) is 18.2 Å². The molecule has 2 nitrogen and oxygen atoms in total. The molecular weight excluding hydrogens is 251 g/mol. The molecule has 1 spiro atoms. The third-order valence-corrected chi connectivity index (χ3v) is 5.48. The largest absolute Gasteiger partial charge is 0.317 e. The lowest BCUT2D eigenvalue weighted by molar-refractivity contribution is 0.217. The van der Waals surface area contributed by atoms with Gasteiger partial charge in [-0.05, 0) is 63.7 Å². The van der Waals surface area contributed by atoms with Crippen LogP contribution in [0.4, 0.5) is 4.39 Å². The third kappa shape index (κ3) is 2.61. The van der Waals surface area contributed by atoms with Crippen molar-refractivity contribution in [3.8, 4) is 0 Å². The predicted octanol–water partition coefficient (Wildman–Crippen LogP) is 3.21. The molecule has 2 atom stereocenters. The van der Waals surface area contributed by atoms with Gasteiger partial charge in [0.1, 0.15) is 5.82 Å². The molecule has 2 aliphatic rings. The van der Waals surface area contributed by atoms with E-state index in [0.717, 1.165) is 18.0 Å². The summed E-state index contributed by atoms with van der Waals surface area (Å²) in [5.41, 5.74) is 1.42. The van der Waals surface area contributed by atoms with Crippen molar-refractivity contribution in [1.29, 1.82) is 0 Å². The molecular formula is C17H25FN2. The Morgan fingerprint density at radius 1 is 1.35 bits per heavy atom. The van der Waals surface area contributed by atoms with Crippen LogP contribution in [0.5, 0.6) is 0 Å². The van der Waals surface area contributed by atoms with Crippen molar-refractivity contribution in [3.63, 3.8) is 0 Å². The molecule has 0 radical (unpaired) electrons. The Morgan fingerprint density at radius 3 is 2.75 bits per heavy atom. The second kappa shape index (κ2) is 5.45. The molecule has 1 saturated heterocycles. The Kier molecular flexibility index (Phi) is 3.83. The van der Waals surface area contributed by atoms with Crippen LogP contribution in [0.1, 0.15) is 37.8 Å². The highest BCUT2D eigenvalue weighted by atomic mass is 19.1. The number of halogens is 1. The number of hydrogen-bond donors (Lipinski definition) is 1. The van der Waals surface area contributed by atoms with Crippen molar-refractivity contribution in [2.75, 3.05) is 26.7 Å². The van der Waals surface area contributed by atoms with Crippen molar-refractivity contribution in [3.05, 3.63) is 35.6 Å². The van der Waals surface area contributed by atoms with Crippen molar-refractivity contribution in [2.45, 2.75) is 32.2 Å². The average molecular weight is 276 g/mol. The smallest absolute Gasteiger partial charge is 0.127 e. The zero-order valence-electron chi connectivity index (χ0n) is 12.5. The topological polar surface area (TPSA) is 15.3 Å². The van der Waals surface area contributed by atoms with Gasteiger partial charge in [0.25, 0.3) is 0 Å². The van der Waals surface area contributed by atoms with Crippen LogP contribution in [0, 0.1) is 17.2 Å². The zero-order valence-corrected chi connectivity index (χ0v) is 12.5. The molecule has 3 rings (SSSR count). The lowest BCUT2D eigenvalue weighted by atomic mass is 9.91. The van der Waals surface area contributed by atoms with Crippen LogP contribution in [-0.4, -0.2) is 31.6 Å². The minimum Gasteiger partial charge on any atom is -0.317 e. The summed E-state index contributed by atoms with van der Waals surface area (Å²) in [4.78, 5) is 2.32. The monoisotopic (exact) mass is 276 g/mol. The van der Waals surface area contributed by atoms with Crippen molar-refractivity contribution in [1.82, 2.24) is 10.2 Å². The fourth-order valence-electron chi connectivity index (χ4n) is 3.78. The van der Waals surface area contributed by atoms with E-state index in [9.17, 15) is 4.39 Å². The Balaban J connectivity index is 1.60. The zero-order chi connectivity index (χ0) is 14.2. The molecule has 0 bridgehead atoms. The minimum absolute atomic E-state index is 0.0840. The first kappa shape index (κ1) is 14.0. The van der Waals surface area contributed by atoms with Crippen LogP contribution < -0.4 is 5.32 Å². The number of hydrogen-bond acceptors (Lipinski definition) is 2. The van der Waals surface area contributed by atoms with Gasteiger partial charge < -0.3 is 5.32 Å². The van der Waals surface area contributed by atoms with E-state index in [4.69, 9.17) is 0 Å². The van der Waals surface area contributed by atoms with Gasteiger partial charge in [-0.1, -0.05) is 18.2 Å². The van der Waals surface area contributed by atoms with E-state index >= 15 is 0 Å². The SMILES string of the molecule is CC(c1ccccc1F)N(C)CC1CC12CCNCC2. The number of nitrogens with one attached hydrogen (secondary N) is 1. The standard InChI is InChI=1S/C17H25FN2/c1-13(15-5-3-4-6-16(15)18)20(2)12-14-11-17(14)7-9-19-10-8-17/h3-6,13-14,19H,7-12H2,1-2H3. The molecule has 20 heavy (non-hydrogen) atoms. The first-order valence-corrected chi connectivity index (χ1v) is 7.78. The average Bonchev–Trinajstić information content (AvgIpc) is 3.10. The van der Waals surface area contributed by atoms with Crippen molar-refractivity contribution >= 4 is 0 Å². The van der Waals surface area contributed by atoms with E-state index in [1.165, 1.54) is 32.4 Å². The van der Waals surface area contributed by atoms with E-state index in [-0.39, 0.29) is 11.9 Å². The fraction of sp³-hybridized carbons (Fsp3) is 0.647. The summed E-state index contributed by atoms with van der Waals surface area (Å²) in [7, 11) is 2.13. The number of benzene rings is 1. The number of nitrogens with zero attached hydrogens (tertiary/aromatic N) is 1. The molecule has 1 N–H and O–H groups in total. The van der Waals surface area contributed by atoms with Gasteiger partial charge in [0.15, 0.2) is 0 Å². The highest BCUT2D eigenvalue weighted by Crippen LogP contribution is 2.58. The van der Waals surface area contributed by atoms with Gasteiger partial charge in [0.2, 0.25) is 0 Å². The molecule has 1 aromatic carbocycles. The number of piperidine rings is 1. The maximum absolute atomic E-state index is 13.9. The summed E-state index contributed by atoms with van der Waals surface area (Å²) >= 11 is 0. The molecule has 2 fully saturated rings. The van der Waals surface area contributed by atoms with E-state index in [0.29, 0.717) is 5.41 Å². The summed E-state index contributed by atoms with van der Waals surface area (Å²) in [5.74, 6) is 0.725.